The summed E-state index contributed by atoms with van der Waals surface area (Å²) in [5.74, 6) is 0.785. The van der Waals surface area contributed by atoms with Crippen LogP contribution in [0.25, 0.3) is 0 Å². The highest BCUT2D eigenvalue weighted by Crippen LogP contribution is 2.60. The highest BCUT2D eigenvalue weighted by atomic mass is 16.4. The van der Waals surface area contributed by atoms with Gasteiger partial charge in [-0.3, -0.25) is 9.59 Å². The number of amides is 1. The third-order valence-electron chi connectivity index (χ3n) is 9.00. The van der Waals surface area contributed by atoms with Gasteiger partial charge in [-0.25, -0.2) is 0 Å². The Labute approximate surface area is 178 Å². The van der Waals surface area contributed by atoms with Crippen molar-refractivity contribution in [3.63, 3.8) is 0 Å². The molecule has 0 aromatic rings. The van der Waals surface area contributed by atoms with Gasteiger partial charge in [0.25, 0.3) is 0 Å². The standard InChI is InChI=1S/C23H37NO6/c1-11(6-20(28)24-10-21(29)30)14-4-5-16-22(14)19(27)9-17-15-3-2-13(25)7-12(15)8-18(26)23(16)17/h11-19,22-23,25-27H,2-10H2,1H3,(H,24,28)(H,29,30)/t11?,12?,13-,14-,15?,16-,17-,18-,19+,22?,23+/m1/s1. The molecule has 4 fully saturated rings. The third kappa shape index (κ3) is 4.13. The molecule has 0 aromatic carbocycles. The lowest BCUT2D eigenvalue weighted by atomic mass is 9.51. The number of fused-ring (bicyclic) bond motifs is 5. The summed E-state index contributed by atoms with van der Waals surface area (Å²) in [5, 5.41) is 43.5. The highest BCUT2D eigenvalue weighted by molar-refractivity contribution is 5.81. The van der Waals surface area contributed by atoms with Crippen molar-refractivity contribution in [2.75, 3.05) is 6.54 Å². The molecule has 4 aliphatic carbocycles. The average Bonchev–Trinajstić information content (AvgIpc) is 3.11. The zero-order chi connectivity index (χ0) is 21.6. The van der Waals surface area contributed by atoms with Crippen LogP contribution in [0.15, 0.2) is 0 Å². The fourth-order valence-electron chi connectivity index (χ4n) is 7.97. The minimum Gasteiger partial charge on any atom is -0.480 e. The fourth-order valence-corrected chi connectivity index (χ4v) is 7.97. The van der Waals surface area contributed by atoms with Crippen LogP contribution in [0.3, 0.4) is 0 Å². The minimum atomic E-state index is -1.05. The molecule has 30 heavy (non-hydrogen) atoms. The summed E-state index contributed by atoms with van der Waals surface area (Å²) < 4.78 is 0. The summed E-state index contributed by atoms with van der Waals surface area (Å²) in [4.78, 5) is 22.8. The second-order valence-corrected chi connectivity index (χ2v) is 10.6. The zero-order valence-electron chi connectivity index (χ0n) is 17.8. The Morgan fingerprint density at radius 3 is 2.33 bits per heavy atom. The normalized spacial score (nSPS) is 46.3. The Bertz CT molecular complexity index is 656. The largest absolute Gasteiger partial charge is 0.480 e. The molecule has 7 heteroatoms. The molecule has 0 spiro atoms. The van der Waals surface area contributed by atoms with Gasteiger partial charge < -0.3 is 25.7 Å². The molecule has 4 unspecified atom stereocenters. The molecule has 5 N–H and O–H groups in total. The first-order valence-electron chi connectivity index (χ1n) is 11.8. The minimum absolute atomic E-state index is 0.0679. The molecule has 170 valence electrons. The van der Waals surface area contributed by atoms with Crippen molar-refractivity contribution >= 4 is 11.9 Å². The van der Waals surface area contributed by atoms with E-state index in [1.165, 1.54) is 0 Å². The lowest BCUT2D eigenvalue weighted by Crippen LogP contribution is -2.55. The summed E-state index contributed by atoms with van der Waals surface area (Å²) in [6, 6.07) is 0. The highest BCUT2D eigenvalue weighted by Gasteiger charge is 2.57. The molecular formula is C23H37NO6. The van der Waals surface area contributed by atoms with Gasteiger partial charge in [0, 0.05) is 6.42 Å². The van der Waals surface area contributed by atoms with E-state index < -0.39 is 12.1 Å². The second-order valence-electron chi connectivity index (χ2n) is 10.6. The van der Waals surface area contributed by atoms with Crippen molar-refractivity contribution < 1.29 is 30.0 Å². The van der Waals surface area contributed by atoms with Crippen molar-refractivity contribution in [3.8, 4) is 0 Å². The van der Waals surface area contributed by atoms with Gasteiger partial charge in [-0.1, -0.05) is 6.92 Å². The van der Waals surface area contributed by atoms with Crippen molar-refractivity contribution in [2.45, 2.75) is 76.6 Å². The molecule has 0 bridgehead atoms. The Balaban J connectivity index is 1.44. The molecule has 0 saturated heterocycles. The molecule has 7 nitrogen and oxygen atoms in total. The zero-order valence-corrected chi connectivity index (χ0v) is 17.8. The first kappa shape index (κ1) is 22.0. The number of hydrogen-bond donors (Lipinski definition) is 5. The van der Waals surface area contributed by atoms with E-state index >= 15 is 0 Å². The van der Waals surface area contributed by atoms with E-state index in [9.17, 15) is 24.9 Å². The Kier molecular flexibility index (Phi) is 6.43. The first-order valence-corrected chi connectivity index (χ1v) is 11.8. The average molecular weight is 424 g/mol. The Morgan fingerprint density at radius 1 is 0.900 bits per heavy atom. The predicted molar refractivity (Wildman–Crippen MR) is 109 cm³/mol. The van der Waals surface area contributed by atoms with Crippen LogP contribution in [0.2, 0.25) is 0 Å². The molecular weight excluding hydrogens is 386 g/mol. The van der Waals surface area contributed by atoms with Crippen molar-refractivity contribution in [1.29, 1.82) is 0 Å². The van der Waals surface area contributed by atoms with Gasteiger partial charge in [-0.15, -0.1) is 0 Å². The van der Waals surface area contributed by atoms with Crippen molar-refractivity contribution in [1.82, 2.24) is 5.32 Å². The van der Waals surface area contributed by atoms with Crippen LogP contribution in [-0.2, 0) is 9.59 Å². The van der Waals surface area contributed by atoms with Crippen LogP contribution in [0.1, 0.15) is 58.3 Å². The number of nitrogens with one attached hydrogen (secondary N) is 1. The molecule has 0 heterocycles. The number of carboxylic acids is 1. The predicted octanol–water partition coefficient (Wildman–Crippen LogP) is 1.39. The van der Waals surface area contributed by atoms with Crippen molar-refractivity contribution in [3.05, 3.63) is 0 Å². The SMILES string of the molecule is CC(CC(=O)NCC(=O)O)[C@H]1CC[C@@H]2C1[C@@H](O)C[C@@H]1C3CC[C@@H](O)CC3C[C@@H](O)[C@H]12. The van der Waals surface area contributed by atoms with E-state index in [-0.39, 0.29) is 60.7 Å². The molecule has 11 atom stereocenters. The van der Waals surface area contributed by atoms with Gasteiger partial charge in [0.1, 0.15) is 6.54 Å². The van der Waals surface area contributed by atoms with E-state index in [1.807, 2.05) is 6.92 Å². The maximum atomic E-state index is 12.1. The summed E-state index contributed by atoms with van der Waals surface area (Å²) in [7, 11) is 0. The molecule has 4 aliphatic rings. The third-order valence-corrected chi connectivity index (χ3v) is 9.00. The molecule has 0 radical (unpaired) electrons. The fraction of sp³-hybridized carbons (Fsp3) is 0.913. The summed E-state index contributed by atoms with van der Waals surface area (Å²) >= 11 is 0. The van der Waals surface area contributed by atoms with Gasteiger partial charge in [0.15, 0.2) is 0 Å². The van der Waals surface area contributed by atoms with Crippen LogP contribution in [0, 0.1) is 47.3 Å². The number of aliphatic hydroxyl groups excluding tert-OH is 3. The first-order chi connectivity index (χ1) is 14.3. The van der Waals surface area contributed by atoms with Gasteiger partial charge in [0.05, 0.1) is 18.3 Å². The molecule has 1 amide bonds. The number of rotatable bonds is 5. The van der Waals surface area contributed by atoms with Crippen LogP contribution in [0.4, 0.5) is 0 Å². The summed E-state index contributed by atoms with van der Waals surface area (Å²) in [6.45, 7) is 1.67. The monoisotopic (exact) mass is 423 g/mol. The second kappa shape index (κ2) is 8.75. The maximum absolute atomic E-state index is 12.1. The number of carbonyl (C=O) groups is 2. The van der Waals surface area contributed by atoms with Gasteiger partial charge in [-0.2, -0.15) is 0 Å². The number of aliphatic carboxylic acids is 1. The summed E-state index contributed by atoms with van der Waals surface area (Å²) in [6.07, 6.45) is 5.25. The molecule has 0 aromatic heterocycles. The Morgan fingerprint density at radius 2 is 1.60 bits per heavy atom. The van der Waals surface area contributed by atoms with E-state index in [4.69, 9.17) is 5.11 Å². The number of carboxylic acid groups (broad SMARTS) is 1. The lowest BCUT2D eigenvalue weighted by molar-refractivity contribution is -0.147. The van der Waals surface area contributed by atoms with E-state index in [1.54, 1.807) is 0 Å². The topological polar surface area (TPSA) is 127 Å². The van der Waals surface area contributed by atoms with E-state index in [2.05, 4.69) is 5.32 Å². The van der Waals surface area contributed by atoms with Crippen LogP contribution < -0.4 is 5.32 Å². The van der Waals surface area contributed by atoms with Crippen LogP contribution in [0.5, 0.6) is 0 Å². The van der Waals surface area contributed by atoms with Gasteiger partial charge in [0.2, 0.25) is 5.91 Å². The quantitative estimate of drug-likeness (QED) is 0.455. The number of carbonyl (C=O) groups excluding carboxylic acids is 1. The Hall–Kier alpha value is -1.18. The lowest BCUT2D eigenvalue weighted by Gasteiger charge is -2.56. The van der Waals surface area contributed by atoms with Gasteiger partial charge in [-0.05, 0) is 92.3 Å². The summed E-state index contributed by atoms with van der Waals surface area (Å²) in [5.41, 5.74) is 0. The molecule has 4 rings (SSSR count). The maximum Gasteiger partial charge on any atom is 0.322 e. The van der Waals surface area contributed by atoms with E-state index in [0.717, 1.165) is 38.5 Å². The molecule has 0 aliphatic heterocycles. The number of aliphatic hydroxyl groups is 3. The molecule has 4 saturated carbocycles. The van der Waals surface area contributed by atoms with Gasteiger partial charge >= 0.3 is 5.97 Å². The van der Waals surface area contributed by atoms with Crippen molar-refractivity contribution in [2.24, 2.45) is 47.3 Å². The van der Waals surface area contributed by atoms with Crippen LogP contribution >= 0.6 is 0 Å². The number of hydrogen-bond acceptors (Lipinski definition) is 5. The smallest absolute Gasteiger partial charge is 0.322 e. The van der Waals surface area contributed by atoms with Crippen LogP contribution in [-0.4, -0.2) is 57.2 Å². The van der Waals surface area contributed by atoms with E-state index in [0.29, 0.717) is 24.2 Å².